The molecular weight excluding hydrogens is 358 g/mol. The van der Waals surface area contributed by atoms with Crippen molar-refractivity contribution in [3.8, 4) is 11.5 Å². The van der Waals surface area contributed by atoms with Crippen LogP contribution in [-0.4, -0.2) is 36.0 Å². The normalized spacial score (nSPS) is 16.6. The maximum Gasteiger partial charge on any atom is 0.252 e. The topological polar surface area (TPSA) is 89.6 Å². The van der Waals surface area contributed by atoms with Crippen LogP contribution in [0.15, 0.2) is 42.7 Å². The minimum Gasteiger partial charge on any atom is -0.490 e. The molecule has 7 heteroatoms. The van der Waals surface area contributed by atoms with E-state index in [1.807, 2.05) is 19.1 Å². The van der Waals surface area contributed by atoms with E-state index in [0.29, 0.717) is 43.2 Å². The van der Waals surface area contributed by atoms with Crippen LogP contribution in [0, 0.1) is 0 Å². The number of hydrogen-bond acceptors (Lipinski definition) is 5. The third-order valence-electron chi connectivity index (χ3n) is 4.49. The van der Waals surface area contributed by atoms with Gasteiger partial charge in [0.25, 0.3) is 5.91 Å². The fraction of sp³-hybridized carbons (Fsp3) is 0.381. The molecule has 0 radical (unpaired) electrons. The summed E-state index contributed by atoms with van der Waals surface area (Å²) in [6.07, 6.45) is 5.88. The monoisotopic (exact) mass is 383 g/mol. The molecular formula is C21H25N3O4. The molecule has 1 aromatic carbocycles. The molecule has 0 saturated carbocycles. The van der Waals surface area contributed by atoms with Gasteiger partial charge < -0.3 is 20.1 Å². The fourth-order valence-corrected chi connectivity index (χ4v) is 3.00. The maximum atomic E-state index is 12.6. The predicted octanol–water partition coefficient (Wildman–Crippen LogP) is 2.46. The lowest BCUT2D eigenvalue weighted by atomic mass is 10.1. The molecule has 2 heterocycles. The molecule has 3 rings (SSSR count). The highest BCUT2D eigenvalue weighted by Crippen LogP contribution is 2.29. The lowest BCUT2D eigenvalue weighted by molar-refractivity contribution is -0.122. The minimum absolute atomic E-state index is 0.131. The summed E-state index contributed by atoms with van der Waals surface area (Å²) in [5.74, 6) is 0.619. The third-order valence-corrected chi connectivity index (χ3v) is 4.49. The van der Waals surface area contributed by atoms with Gasteiger partial charge in [0.2, 0.25) is 5.91 Å². The second-order valence-corrected chi connectivity index (χ2v) is 6.55. The summed E-state index contributed by atoms with van der Waals surface area (Å²) in [4.78, 5) is 28.7. The third kappa shape index (κ3) is 5.22. The molecule has 0 spiro atoms. The summed E-state index contributed by atoms with van der Waals surface area (Å²) < 4.78 is 11.5. The van der Waals surface area contributed by atoms with Gasteiger partial charge in [-0.2, -0.15) is 0 Å². The highest BCUT2D eigenvalue weighted by atomic mass is 16.5. The van der Waals surface area contributed by atoms with Gasteiger partial charge in [-0.15, -0.1) is 0 Å². The van der Waals surface area contributed by atoms with Gasteiger partial charge in [-0.3, -0.25) is 14.6 Å². The van der Waals surface area contributed by atoms with Crippen molar-refractivity contribution in [1.82, 2.24) is 15.6 Å². The number of benzene rings is 1. The smallest absolute Gasteiger partial charge is 0.252 e. The molecule has 1 atom stereocenters. The Morgan fingerprint density at radius 1 is 1.18 bits per heavy atom. The summed E-state index contributed by atoms with van der Waals surface area (Å²) in [5.41, 5.74) is 1.41. The molecule has 1 aliphatic heterocycles. The van der Waals surface area contributed by atoms with Crippen LogP contribution in [0.5, 0.6) is 11.5 Å². The Morgan fingerprint density at radius 3 is 2.79 bits per heavy atom. The second kappa shape index (κ2) is 9.73. The van der Waals surface area contributed by atoms with Crippen LogP contribution in [0.3, 0.4) is 0 Å². The van der Waals surface area contributed by atoms with Crippen LogP contribution >= 0.6 is 0 Å². The number of ether oxygens (including phenoxy) is 2. The van der Waals surface area contributed by atoms with Crippen molar-refractivity contribution in [3.05, 3.63) is 53.9 Å². The first kappa shape index (κ1) is 19.7. The largest absolute Gasteiger partial charge is 0.490 e. The standard InChI is InChI=1S/C21H25N3O4/c1-2-27-19-13-16(20(25)24-17-5-3-4-10-23-21(17)26)6-7-18(19)28-14-15-8-11-22-12-9-15/h6-9,11-13,17H,2-5,10,14H2,1H3,(H,23,26)(H,24,25). The SMILES string of the molecule is CCOc1cc(C(=O)NC2CCCCNC2=O)ccc1OCc1ccncc1. The molecule has 1 saturated heterocycles. The lowest BCUT2D eigenvalue weighted by Gasteiger charge is -2.17. The predicted molar refractivity (Wildman–Crippen MR) is 104 cm³/mol. The van der Waals surface area contributed by atoms with Crippen LogP contribution in [0.2, 0.25) is 0 Å². The van der Waals surface area contributed by atoms with Gasteiger partial charge in [0.05, 0.1) is 6.61 Å². The van der Waals surface area contributed by atoms with Gasteiger partial charge in [-0.25, -0.2) is 0 Å². The number of rotatable bonds is 7. The van der Waals surface area contributed by atoms with Gasteiger partial charge >= 0.3 is 0 Å². The summed E-state index contributed by atoms with van der Waals surface area (Å²) in [6, 6.07) is 8.28. The van der Waals surface area contributed by atoms with Crippen LogP contribution in [0.4, 0.5) is 0 Å². The van der Waals surface area contributed by atoms with E-state index < -0.39 is 6.04 Å². The van der Waals surface area contributed by atoms with E-state index in [1.54, 1.807) is 30.6 Å². The molecule has 2 amide bonds. The van der Waals surface area contributed by atoms with Crippen molar-refractivity contribution >= 4 is 11.8 Å². The van der Waals surface area contributed by atoms with E-state index in [9.17, 15) is 9.59 Å². The zero-order valence-corrected chi connectivity index (χ0v) is 15.9. The molecule has 7 nitrogen and oxygen atoms in total. The zero-order valence-electron chi connectivity index (χ0n) is 15.9. The molecule has 0 aliphatic carbocycles. The van der Waals surface area contributed by atoms with Gasteiger partial charge in [0.1, 0.15) is 12.6 Å². The Kier molecular flexibility index (Phi) is 6.84. The average Bonchev–Trinajstić information content (AvgIpc) is 2.92. The number of carbonyl (C=O) groups is 2. The van der Waals surface area contributed by atoms with Crippen molar-refractivity contribution in [1.29, 1.82) is 0 Å². The van der Waals surface area contributed by atoms with Crippen molar-refractivity contribution in [2.75, 3.05) is 13.2 Å². The summed E-state index contributed by atoms with van der Waals surface area (Å²) in [7, 11) is 0. The maximum absolute atomic E-state index is 12.6. The Balaban J connectivity index is 1.70. The number of aromatic nitrogens is 1. The van der Waals surface area contributed by atoms with Crippen molar-refractivity contribution in [3.63, 3.8) is 0 Å². The molecule has 148 valence electrons. The number of pyridine rings is 1. The number of hydrogen-bond donors (Lipinski definition) is 2. The minimum atomic E-state index is -0.506. The highest BCUT2D eigenvalue weighted by Gasteiger charge is 2.23. The van der Waals surface area contributed by atoms with E-state index in [2.05, 4.69) is 15.6 Å². The Labute approximate surface area is 164 Å². The molecule has 1 fully saturated rings. The number of carbonyl (C=O) groups excluding carboxylic acids is 2. The van der Waals surface area contributed by atoms with Gasteiger partial charge in [0.15, 0.2) is 11.5 Å². The molecule has 1 aromatic heterocycles. The Morgan fingerprint density at radius 2 is 2.00 bits per heavy atom. The van der Waals surface area contributed by atoms with E-state index in [4.69, 9.17) is 9.47 Å². The van der Waals surface area contributed by atoms with Crippen molar-refractivity contribution in [2.45, 2.75) is 38.8 Å². The number of nitrogens with zero attached hydrogens (tertiary/aromatic N) is 1. The van der Waals surface area contributed by atoms with E-state index in [-0.39, 0.29) is 11.8 Å². The van der Waals surface area contributed by atoms with E-state index in [0.717, 1.165) is 18.4 Å². The van der Waals surface area contributed by atoms with Crippen LogP contribution < -0.4 is 20.1 Å². The first-order valence-corrected chi connectivity index (χ1v) is 9.54. The van der Waals surface area contributed by atoms with Crippen LogP contribution in [0.1, 0.15) is 42.1 Å². The second-order valence-electron chi connectivity index (χ2n) is 6.55. The highest BCUT2D eigenvalue weighted by molar-refractivity contribution is 5.98. The van der Waals surface area contributed by atoms with Crippen LogP contribution in [-0.2, 0) is 11.4 Å². The number of amides is 2. The first-order valence-electron chi connectivity index (χ1n) is 9.54. The average molecular weight is 383 g/mol. The Hall–Kier alpha value is -3.09. The molecule has 1 unspecified atom stereocenters. The molecule has 28 heavy (non-hydrogen) atoms. The van der Waals surface area contributed by atoms with Gasteiger partial charge in [0, 0.05) is 24.5 Å². The molecule has 2 N–H and O–H groups in total. The number of nitrogens with one attached hydrogen (secondary N) is 2. The summed E-state index contributed by atoms with van der Waals surface area (Å²) in [6.45, 7) is 3.34. The van der Waals surface area contributed by atoms with E-state index in [1.165, 1.54) is 0 Å². The lowest BCUT2D eigenvalue weighted by Crippen LogP contribution is -2.45. The molecule has 2 aromatic rings. The Bertz CT molecular complexity index is 811. The van der Waals surface area contributed by atoms with Crippen molar-refractivity contribution in [2.24, 2.45) is 0 Å². The van der Waals surface area contributed by atoms with E-state index >= 15 is 0 Å². The van der Waals surface area contributed by atoms with Crippen LogP contribution in [0.25, 0.3) is 0 Å². The summed E-state index contributed by atoms with van der Waals surface area (Å²) >= 11 is 0. The first-order chi connectivity index (χ1) is 13.7. The quantitative estimate of drug-likeness (QED) is 0.767. The van der Waals surface area contributed by atoms with Gasteiger partial charge in [-0.05, 0) is 62.1 Å². The fourth-order valence-electron chi connectivity index (χ4n) is 3.00. The zero-order chi connectivity index (χ0) is 19.8. The van der Waals surface area contributed by atoms with Gasteiger partial charge in [-0.1, -0.05) is 0 Å². The summed E-state index contributed by atoms with van der Waals surface area (Å²) in [5, 5.41) is 5.64. The van der Waals surface area contributed by atoms with Crippen molar-refractivity contribution < 1.29 is 19.1 Å². The molecule has 1 aliphatic rings. The molecule has 0 bridgehead atoms.